The second-order valence-electron chi connectivity index (χ2n) is 3.66. The SMILES string of the molecule is CN1C(=O)CCC(n2cnnc2CO)C1=O. The highest BCUT2D eigenvalue weighted by atomic mass is 16.3. The summed E-state index contributed by atoms with van der Waals surface area (Å²) >= 11 is 0. The number of aromatic nitrogens is 3. The zero-order valence-corrected chi connectivity index (χ0v) is 8.83. The summed E-state index contributed by atoms with van der Waals surface area (Å²) in [5.74, 6) is -0.133. The lowest BCUT2D eigenvalue weighted by molar-refractivity contribution is -0.149. The van der Waals surface area contributed by atoms with Gasteiger partial charge in [0.05, 0.1) is 0 Å². The van der Waals surface area contributed by atoms with Gasteiger partial charge in [0.15, 0.2) is 5.82 Å². The van der Waals surface area contributed by atoms with Gasteiger partial charge in [0.2, 0.25) is 5.91 Å². The summed E-state index contributed by atoms with van der Waals surface area (Å²) in [5, 5.41) is 16.4. The van der Waals surface area contributed by atoms with E-state index in [9.17, 15) is 9.59 Å². The van der Waals surface area contributed by atoms with E-state index in [1.165, 1.54) is 17.9 Å². The van der Waals surface area contributed by atoms with Gasteiger partial charge in [0.1, 0.15) is 19.0 Å². The molecule has 1 aromatic rings. The fourth-order valence-corrected chi connectivity index (χ4v) is 1.80. The Hall–Kier alpha value is -1.76. The molecule has 1 aliphatic rings. The number of piperidine rings is 1. The Morgan fingerprint density at radius 2 is 2.31 bits per heavy atom. The molecular formula is C9H12N4O3. The molecule has 7 nitrogen and oxygen atoms in total. The van der Waals surface area contributed by atoms with E-state index in [-0.39, 0.29) is 18.4 Å². The molecule has 16 heavy (non-hydrogen) atoms. The van der Waals surface area contributed by atoms with Crippen molar-refractivity contribution in [3.63, 3.8) is 0 Å². The minimum absolute atomic E-state index is 0.181. The molecule has 7 heteroatoms. The zero-order chi connectivity index (χ0) is 11.7. The van der Waals surface area contributed by atoms with Crippen LogP contribution < -0.4 is 0 Å². The lowest BCUT2D eigenvalue weighted by atomic mass is 10.0. The van der Waals surface area contributed by atoms with E-state index >= 15 is 0 Å². The highest BCUT2D eigenvalue weighted by Gasteiger charge is 2.33. The molecule has 1 unspecified atom stereocenters. The molecule has 2 amide bonds. The van der Waals surface area contributed by atoms with Gasteiger partial charge in [-0.15, -0.1) is 10.2 Å². The molecule has 1 atom stereocenters. The molecule has 0 aromatic carbocycles. The monoisotopic (exact) mass is 224 g/mol. The highest BCUT2D eigenvalue weighted by molar-refractivity contribution is 5.99. The van der Waals surface area contributed by atoms with Gasteiger partial charge in [-0.1, -0.05) is 0 Å². The number of aliphatic hydroxyl groups is 1. The van der Waals surface area contributed by atoms with Crippen LogP contribution in [0.3, 0.4) is 0 Å². The minimum atomic E-state index is -0.486. The lowest BCUT2D eigenvalue weighted by Crippen LogP contribution is -2.43. The predicted molar refractivity (Wildman–Crippen MR) is 52.0 cm³/mol. The van der Waals surface area contributed by atoms with Crippen molar-refractivity contribution >= 4 is 11.8 Å². The predicted octanol–water partition coefficient (Wildman–Crippen LogP) is -0.910. The summed E-state index contributed by atoms with van der Waals surface area (Å²) in [5.41, 5.74) is 0. The third-order valence-electron chi connectivity index (χ3n) is 2.75. The van der Waals surface area contributed by atoms with Crippen molar-refractivity contribution in [3.8, 4) is 0 Å². The number of carbonyl (C=O) groups is 2. The number of likely N-dealkylation sites (tertiary alicyclic amines) is 1. The van der Waals surface area contributed by atoms with Crippen LogP contribution in [0.1, 0.15) is 24.7 Å². The Kier molecular flexibility index (Phi) is 2.69. The number of nitrogens with zero attached hydrogens (tertiary/aromatic N) is 4. The molecule has 0 radical (unpaired) electrons. The van der Waals surface area contributed by atoms with Crippen LogP contribution in [0.15, 0.2) is 6.33 Å². The Bertz CT molecular complexity index is 428. The van der Waals surface area contributed by atoms with Gasteiger partial charge < -0.3 is 9.67 Å². The molecule has 2 rings (SSSR count). The molecule has 0 spiro atoms. The van der Waals surface area contributed by atoms with Crippen LogP contribution in [0, 0.1) is 0 Å². The molecular weight excluding hydrogens is 212 g/mol. The Labute approximate surface area is 91.7 Å². The first kappa shape index (κ1) is 10.7. The molecule has 1 aromatic heterocycles. The largest absolute Gasteiger partial charge is 0.388 e. The number of rotatable bonds is 2. The van der Waals surface area contributed by atoms with Gasteiger partial charge in [-0.3, -0.25) is 14.5 Å². The summed E-state index contributed by atoms with van der Waals surface area (Å²) in [6.07, 6.45) is 2.14. The Balaban J connectivity index is 2.28. The summed E-state index contributed by atoms with van der Waals surface area (Å²) in [6.45, 7) is -0.276. The quantitative estimate of drug-likeness (QED) is 0.657. The summed E-state index contributed by atoms with van der Waals surface area (Å²) < 4.78 is 1.52. The first-order chi connectivity index (χ1) is 7.65. The van der Waals surface area contributed by atoms with Gasteiger partial charge in [-0.25, -0.2) is 0 Å². The van der Waals surface area contributed by atoms with Crippen molar-refractivity contribution in [2.45, 2.75) is 25.5 Å². The van der Waals surface area contributed by atoms with Crippen LogP contribution in [-0.4, -0.2) is 43.6 Å². The average molecular weight is 224 g/mol. The standard InChI is InChI=1S/C9H12N4O3/c1-12-8(15)3-2-6(9(12)16)13-5-10-11-7(13)4-14/h5-6,14H,2-4H2,1H3. The van der Waals surface area contributed by atoms with Crippen molar-refractivity contribution in [3.05, 3.63) is 12.2 Å². The third kappa shape index (κ3) is 1.58. The van der Waals surface area contributed by atoms with Gasteiger partial charge in [0.25, 0.3) is 5.91 Å². The van der Waals surface area contributed by atoms with Gasteiger partial charge in [0, 0.05) is 13.5 Å². The van der Waals surface area contributed by atoms with E-state index in [1.807, 2.05) is 0 Å². The van der Waals surface area contributed by atoms with Gasteiger partial charge in [-0.2, -0.15) is 0 Å². The number of imide groups is 1. The zero-order valence-electron chi connectivity index (χ0n) is 8.83. The van der Waals surface area contributed by atoms with Gasteiger partial charge >= 0.3 is 0 Å². The Morgan fingerprint density at radius 1 is 1.56 bits per heavy atom. The van der Waals surface area contributed by atoms with E-state index in [0.717, 1.165) is 4.90 Å². The molecule has 86 valence electrons. The molecule has 0 bridgehead atoms. The fraction of sp³-hybridized carbons (Fsp3) is 0.556. The van der Waals surface area contributed by atoms with Crippen LogP contribution in [0.25, 0.3) is 0 Å². The van der Waals surface area contributed by atoms with Gasteiger partial charge in [-0.05, 0) is 6.42 Å². The van der Waals surface area contributed by atoms with E-state index in [4.69, 9.17) is 5.11 Å². The normalized spacial score (nSPS) is 21.6. The molecule has 1 aliphatic heterocycles. The molecule has 0 aliphatic carbocycles. The van der Waals surface area contributed by atoms with E-state index in [0.29, 0.717) is 18.7 Å². The number of likely N-dealkylation sites (N-methyl/N-ethyl adjacent to an activating group) is 1. The van der Waals surface area contributed by atoms with E-state index < -0.39 is 6.04 Å². The summed E-state index contributed by atoms with van der Waals surface area (Å²) in [7, 11) is 1.46. The van der Waals surface area contributed by atoms with Crippen LogP contribution in [-0.2, 0) is 16.2 Å². The highest BCUT2D eigenvalue weighted by Crippen LogP contribution is 2.23. The summed E-state index contributed by atoms with van der Waals surface area (Å²) in [6, 6.07) is -0.486. The number of hydrogen-bond acceptors (Lipinski definition) is 5. The molecule has 1 fully saturated rings. The first-order valence-corrected chi connectivity index (χ1v) is 4.94. The number of amides is 2. The third-order valence-corrected chi connectivity index (χ3v) is 2.75. The first-order valence-electron chi connectivity index (χ1n) is 4.94. The van der Waals surface area contributed by atoms with Crippen molar-refractivity contribution in [2.75, 3.05) is 7.05 Å². The lowest BCUT2D eigenvalue weighted by Gasteiger charge is -2.28. The number of carbonyl (C=O) groups excluding carboxylic acids is 2. The minimum Gasteiger partial charge on any atom is -0.388 e. The van der Waals surface area contributed by atoms with E-state index in [1.54, 1.807) is 0 Å². The molecule has 1 saturated heterocycles. The molecule has 0 saturated carbocycles. The maximum atomic E-state index is 11.8. The molecule has 1 N–H and O–H groups in total. The van der Waals surface area contributed by atoms with Crippen molar-refractivity contribution < 1.29 is 14.7 Å². The van der Waals surface area contributed by atoms with Crippen LogP contribution >= 0.6 is 0 Å². The smallest absolute Gasteiger partial charge is 0.252 e. The molecule has 2 heterocycles. The Morgan fingerprint density at radius 3 is 3.00 bits per heavy atom. The maximum absolute atomic E-state index is 11.8. The second kappa shape index (κ2) is 4.01. The van der Waals surface area contributed by atoms with Crippen molar-refractivity contribution in [2.24, 2.45) is 0 Å². The topological polar surface area (TPSA) is 88.3 Å². The fourth-order valence-electron chi connectivity index (χ4n) is 1.80. The number of aliphatic hydroxyl groups excluding tert-OH is 1. The average Bonchev–Trinajstić information content (AvgIpc) is 2.74. The van der Waals surface area contributed by atoms with Crippen molar-refractivity contribution in [1.82, 2.24) is 19.7 Å². The maximum Gasteiger partial charge on any atom is 0.252 e. The second-order valence-corrected chi connectivity index (χ2v) is 3.66. The van der Waals surface area contributed by atoms with E-state index in [2.05, 4.69) is 10.2 Å². The van der Waals surface area contributed by atoms with Crippen molar-refractivity contribution in [1.29, 1.82) is 0 Å². The summed E-state index contributed by atoms with van der Waals surface area (Å²) in [4.78, 5) is 24.2. The van der Waals surface area contributed by atoms with Crippen LogP contribution in [0.5, 0.6) is 0 Å². The number of hydrogen-bond donors (Lipinski definition) is 1. The van der Waals surface area contributed by atoms with Crippen LogP contribution in [0.2, 0.25) is 0 Å². The van der Waals surface area contributed by atoms with Crippen LogP contribution in [0.4, 0.5) is 0 Å².